The molecule has 0 heterocycles. The molecule has 1 N–H and O–H groups in total. The van der Waals surface area contributed by atoms with Crippen LogP contribution < -0.4 is 19.1 Å². The third-order valence-corrected chi connectivity index (χ3v) is 9.00. The zero-order chi connectivity index (χ0) is 31.0. The van der Waals surface area contributed by atoms with Crippen LogP contribution in [-0.4, -0.2) is 58.5 Å². The first-order valence-corrected chi connectivity index (χ1v) is 15.8. The Hall–Kier alpha value is -3.57. The number of hydrogen-bond donors (Lipinski definition) is 1. The zero-order valence-corrected chi connectivity index (χ0v) is 27.2. The van der Waals surface area contributed by atoms with E-state index in [9.17, 15) is 18.0 Å². The molecule has 2 amide bonds. The van der Waals surface area contributed by atoms with Gasteiger partial charge in [-0.05, 0) is 80.3 Å². The molecule has 0 radical (unpaired) electrons. The number of ether oxygens (including phenoxy) is 2. The van der Waals surface area contributed by atoms with Crippen LogP contribution in [0.5, 0.6) is 11.5 Å². The van der Waals surface area contributed by atoms with E-state index in [1.165, 1.54) is 37.3 Å². The highest BCUT2D eigenvalue weighted by atomic mass is 79.9. The van der Waals surface area contributed by atoms with E-state index in [0.29, 0.717) is 18.0 Å². The molecule has 0 bridgehead atoms. The van der Waals surface area contributed by atoms with Crippen LogP contribution in [0.3, 0.4) is 0 Å². The van der Waals surface area contributed by atoms with Crippen molar-refractivity contribution in [3.05, 3.63) is 81.8 Å². The summed E-state index contributed by atoms with van der Waals surface area (Å²) in [5.74, 6) is -0.232. The number of carbonyl (C=O) groups is 2. The maximum atomic E-state index is 14.2. The van der Waals surface area contributed by atoms with Gasteiger partial charge in [0.15, 0.2) is 11.5 Å². The van der Waals surface area contributed by atoms with E-state index in [1.54, 1.807) is 19.1 Å². The molecule has 0 aromatic heterocycles. The molecule has 0 aliphatic heterocycles. The summed E-state index contributed by atoms with van der Waals surface area (Å²) in [4.78, 5) is 28.4. The normalized spacial score (nSPS) is 11.9. The quantitative estimate of drug-likeness (QED) is 0.270. The molecule has 226 valence electrons. The Balaban J connectivity index is 2.09. The summed E-state index contributed by atoms with van der Waals surface area (Å²) in [6, 6.07) is 16.2. The van der Waals surface area contributed by atoms with Crippen molar-refractivity contribution in [1.29, 1.82) is 0 Å². The molecule has 0 aliphatic carbocycles. The Morgan fingerprint density at radius 1 is 0.929 bits per heavy atom. The molecule has 0 spiro atoms. The number of carbonyl (C=O) groups excluding carboxylic acids is 2. The molecule has 9 nitrogen and oxygen atoms in total. The summed E-state index contributed by atoms with van der Waals surface area (Å²) < 4.78 is 41.0. The predicted octanol–water partition coefficient (Wildman–Crippen LogP) is 5.22. The fourth-order valence-corrected chi connectivity index (χ4v) is 6.17. The minimum Gasteiger partial charge on any atom is -0.493 e. The maximum Gasteiger partial charge on any atom is 0.264 e. The van der Waals surface area contributed by atoms with Crippen molar-refractivity contribution in [3.8, 4) is 11.5 Å². The van der Waals surface area contributed by atoms with Crippen molar-refractivity contribution >= 4 is 43.5 Å². The van der Waals surface area contributed by atoms with Crippen LogP contribution in [-0.2, 0) is 26.2 Å². The van der Waals surface area contributed by atoms with Crippen LogP contribution in [0.4, 0.5) is 5.69 Å². The van der Waals surface area contributed by atoms with E-state index in [4.69, 9.17) is 9.47 Å². The van der Waals surface area contributed by atoms with Crippen molar-refractivity contribution in [3.63, 3.8) is 0 Å². The van der Waals surface area contributed by atoms with Gasteiger partial charge in [-0.1, -0.05) is 41.1 Å². The molecule has 0 fully saturated rings. The minimum absolute atomic E-state index is 0.0692. The smallest absolute Gasteiger partial charge is 0.264 e. The molecule has 0 saturated heterocycles. The van der Waals surface area contributed by atoms with Crippen LogP contribution in [0.2, 0.25) is 0 Å². The van der Waals surface area contributed by atoms with Crippen LogP contribution in [0.25, 0.3) is 0 Å². The number of halogens is 1. The lowest BCUT2D eigenvalue weighted by Crippen LogP contribution is -2.51. The zero-order valence-electron chi connectivity index (χ0n) is 24.8. The minimum atomic E-state index is -4.27. The number of anilines is 1. The van der Waals surface area contributed by atoms with E-state index in [2.05, 4.69) is 21.2 Å². The summed E-state index contributed by atoms with van der Waals surface area (Å²) in [6.45, 7) is 7.36. The van der Waals surface area contributed by atoms with Gasteiger partial charge in [-0.2, -0.15) is 0 Å². The number of nitrogens with zero attached hydrogens (tertiary/aromatic N) is 2. The third kappa shape index (κ3) is 8.04. The first-order chi connectivity index (χ1) is 19.9. The fraction of sp³-hybridized carbons (Fsp3) is 0.355. The van der Waals surface area contributed by atoms with Gasteiger partial charge < -0.3 is 19.7 Å². The van der Waals surface area contributed by atoms with Gasteiger partial charge in [-0.15, -0.1) is 0 Å². The van der Waals surface area contributed by atoms with E-state index in [-0.39, 0.29) is 23.1 Å². The molecule has 3 aromatic rings. The molecule has 0 aliphatic rings. The van der Waals surface area contributed by atoms with E-state index in [1.807, 2.05) is 51.1 Å². The van der Waals surface area contributed by atoms with Crippen LogP contribution in [0.15, 0.2) is 70.0 Å². The summed E-state index contributed by atoms with van der Waals surface area (Å²) in [7, 11) is -1.39. The lowest BCUT2D eigenvalue weighted by Gasteiger charge is -2.32. The molecular formula is C31H38BrN3O6S. The third-order valence-electron chi connectivity index (χ3n) is 6.70. The fourth-order valence-electron chi connectivity index (χ4n) is 4.49. The van der Waals surface area contributed by atoms with Crippen LogP contribution in [0.1, 0.15) is 37.0 Å². The second-order valence-corrected chi connectivity index (χ2v) is 12.8. The Labute approximate surface area is 257 Å². The van der Waals surface area contributed by atoms with Gasteiger partial charge in [0, 0.05) is 23.6 Å². The lowest BCUT2D eigenvalue weighted by atomic mass is 10.1. The maximum absolute atomic E-state index is 14.2. The van der Waals surface area contributed by atoms with E-state index < -0.39 is 28.5 Å². The Morgan fingerprint density at radius 3 is 2.12 bits per heavy atom. The van der Waals surface area contributed by atoms with Crippen LogP contribution in [0, 0.1) is 13.8 Å². The predicted molar refractivity (Wildman–Crippen MR) is 167 cm³/mol. The Kier molecular flexibility index (Phi) is 11.4. The molecule has 3 rings (SSSR count). The number of amides is 2. The highest BCUT2D eigenvalue weighted by Gasteiger charge is 2.33. The van der Waals surface area contributed by atoms with Gasteiger partial charge in [0.2, 0.25) is 11.8 Å². The van der Waals surface area contributed by atoms with Gasteiger partial charge in [0.1, 0.15) is 12.6 Å². The molecule has 3 aromatic carbocycles. The number of benzene rings is 3. The number of methoxy groups -OCH3 is 2. The van der Waals surface area contributed by atoms with Gasteiger partial charge in [-0.3, -0.25) is 13.9 Å². The number of rotatable bonds is 13. The second-order valence-electron chi connectivity index (χ2n) is 9.99. The molecule has 11 heteroatoms. The Bertz CT molecular complexity index is 1490. The van der Waals surface area contributed by atoms with Gasteiger partial charge in [-0.25, -0.2) is 8.42 Å². The summed E-state index contributed by atoms with van der Waals surface area (Å²) in [5, 5.41) is 2.84. The number of nitrogens with one attached hydrogen (secondary N) is 1. The molecule has 1 atom stereocenters. The van der Waals surface area contributed by atoms with Crippen molar-refractivity contribution in [2.24, 2.45) is 0 Å². The van der Waals surface area contributed by atoms with Crippen molar-refractivity contribution in [2.75, 3.05) is 31.6 Å². The summed E-state index contributed by atoms with van der Waals surface area (Å²) >= 11 is 3.42. The van der Waals surface area contributed by atoms with Gasteiger partial charge in [0.25, 0.3) is 10.0 Å². The van der Waals surface area contributed by atoms with Crippen molar-refractivity contribution in [2.45, 2.75) is 51.6 Å². The van der Waals surface area contributed by atoms with E-state index in [0.717, 1.165) is 31.9 Å². The number of aryl methyl sites for hydroxylation is 2. The lowest BCUT2D eigenvalue weighted by molar-refractivity contribution is -0.139. The van der Waals surface area contributed by atoms with Crippen LogP contribution >= 0.6 is 15.9 Å². The average molecular weight is 661 g/mol. The first-order valence-electron chi connectivity index (χ1n) is 13.6. The SMILES string of the molecule is CCCNC(=O)C(C)N(Cc1ccc(Br)cc1)C(=O)CN(c1cc(C)cc(C)c1)S(=O)(=O)c1ccc(OC)c(OC)c1. The van der Waals surface area contributed by atoms with Gasteiger partial charge in [0.05, 0.1) is 24.8 Å². The largest absolute Gasteiger partial charge is 0.493 e. The highest BCUT2D eigenvalue weighted by molar-refractivity contribution is 9.10. The average Bonchev–Trinajstić information content (AvgIpc) is 2.96. The van der Waals surface area contributed by atoms with Gasteiger partial charge >= 0.3 is 0 Å². The molecule has 0 saturated carbocycles. The number of hydrogen-bond acceptors (Lipinski definition) is 6. The van der Waals surface area contributed by atoms with Crippen molar-refractivity contribution < 1.29 is 27.5 Å². The first kappa shape index (κ1) is 32.9. The van der Waals surface area contributed by atoms with E-state index >= 15 is 0 Å². The molecule has 42 heavy (non-hydrogen) atoms. The monoisotopic (exact) mass is 659 g/mol. The highest BCUT2D eigenvalue weighted by Crippen LogP contribution is 2.33. The number of sulfonamides is 1. The summed E-state index contributed by atoms with van der Waals surface area (Å²) in [6.07, 6.45) is 0.739. The standard InChI is InChI=1S/C31H38BrN3O6S/c1-7-14-33-31(37)23(4)34(19-24-8-10-25(32)11-9-24)30(36)20-35(26-16-21(2)15-22(3)17-26)42(38,39)27-12-13-28(40-5)29(18-27)41-6/h8-13,15-18,23H,7,14,19-20H2,1-6H3,(H,33,37). The summed E-state index contributed by atoms with van der Waals surface area (Å²) in [5.41, 5.74) is 2.80. The second kappa shape index (κ2) is 14.6. The molecular weight excluding hydrogens is 622 g/mol. The van der Waals surface area contributed by atoms with Crippen molar-refractivity contribution in [1.82, 2.24) is 10.2 Å². The molecule has 1 unspecified atom stereocenters. The topological polar surface area (TPSA) is 105 Å². The Morgan fingerprint density at radius 2 is 1.55 bits per heavy atom.